The van der Waals surface area contributed by atoms with Gasteiger partial charge in [0.15, 0.2) is 0 Å². The molecule has 4 heterocycles. The van der Waals surface area contributed by atoms with E-state index in [4.69, 9.17) is 5.73 Å². The van der Waals surface area contributed by atoms with Gasteiger partial charge in [0.05, 0.1) is 15.5 Å². The third kappa shape index (κ3) is 3.70. The summed E-state index contributed by atoms with van der Waals surface area (Å²) in [6.07, 6.45) is -1.31. The largest absolute Gasteiger partial charge is 0.365 e. The summed E-state index contributed by atoms with van der Waals surface area (Å²) in [4.78, 5) is 30.8. The molecule has 0 aromatic carbocycles. The summed E-state index contributed by atoms with van der Waals surface area (Å²) in [5.41, 5.74) is 5.90. The molecule has 4 aromatic rings. The molecule has 4 aromatic heterocycles. The molecule has 0 atom stereocenters. The number of fused-ring (bicyclic) bond motifs is 1. The van der Waals surface area contributed by atoms with Crippen molar-refractivity contribution in [2.24, 2.45) is 5.73 Å². The molecule has 4 N–H and O–H groups in total. The lowest BCUT2D eigenvalue weighted by Crippen LogP contribution is -2.17. The average Bonchev–Trinajstić information content (AvgIpc) is 3.39. The van der Waals surface area contributed by atoms with E-state index in [0.717, 1.165) is 16.2 Å². The maximum Gasteiger partial charge on any atom is 0.280 e. The Bertz CT molecular complexity index is 1300. The number of halogens is 3. The molecule has 0 saturated heterocycles. The minimum Gasteiger partial charge on any atom is -0.365 e. The first-order valence-electron chi connectivity index (χ1n) is 8.38. The van der Waals surface area contributed by atoms with Gasteiger partial charge in [-0.15, -0.1) is 22.7 Å². The van der Waals surface area contributed by atoms with Gasteiger partial charge in [-0.3, -0.25) is 14.7 Å². The Morgan fingerprint density at radius 2 is 2.07 bits per heavy atom. The van der Waals surface area contributed by atoms with Crippen molar-refractivity contribution >= 4 is 73.0 Å². The molecular formula is C18H12F2IN5O2S2. The van der Waals surface area contributed by atoms with Gasteiger partial charge in [0.1, 0.15) is 21.1 Å². The second-order valence-corrected chi connectivity index (χ2v) is 9.65. The minimum atomic E-state index is -2.79. The minimum absolute atomic E-state index is 0.0290. The van der Waals surface area contributed by atoms with Crippen molar-refractivity contribution in [3.63, 3.8) is 0 Å². The summed E-state index contributed by atoms with van der Waals surface area (Å²) in [5.74, 6) is -1.33. The van der Waals surface area contributed by atoms with E-state index in [1.807, 2.05) is 35.6 Å². The molecule has 0 fully saturated rings. The van der Waals surface area contributed by atoms with Crippen molar-refractivity contribution in [3.8, 4) is 10.4 Å². The van der Waals surface area contributed by atoms with Gasteiger partial charge in [0.25, 0.3) is 18.2 Å². The van der Waals surface area contributed by atoms with Gasteiger partial charge >= 0.3 is 0 Å². The van der Waals surface area contributed by atoms with Crippen molar-refractivity contribution < 1.29 is 18.4 Å². The van der Waals surface area contributed by atoms with Gasteiger partial charge in [-0.25, -0.2) is 13.8 Å². The Hall–Kier alpha value is -2.45. The van der Waals surface area contributed by atoms with Crippen LogP contribution in [0.2, 0.25) is 0 Å². The second kappa shape index (κ2) is 8.00. The summed E-state index contributed by atoms with van der Waals surface area (Å²) in [6.45, 7) is 1.89. The predicted octanol–water partition coefficient (Wildman–Crippen LogP) is 4.95. The number of carbonyl (C=O) groups is 2. The lowest BCUT2D eigenvalue weighted by molar-refractivity contribution is 0.100. The number of nitrogens with zero attached hydrogens (tertiary/aromatic N) is 2. The highest BCUT2D eigenvalue weighted by molar-refractivity contribution is 14.1. The van der Waals surface area contributed by atoms with E-state index in [0.29, 0.717) is 19.4 Å². The van der Waals surface area contributed by atoms with Gasteiger partial charge in [-0.2, -0.15) is 5.10 Å². The number of hydrogen-bond acceptors (Lipinski definition) is 6. The molecule has 0 aliphatic rings. The highest BCUT2D eigenvalue weighted by Gasteiger charge is 2.26. The van der Waals surface area contributed by atoms with Crippen molar-refractivity contribution in [1.82, 2.24) is 15.2 Å². The highest BCUT2D eigenvalue weighted by atomic mass is 127. The Kier molecular flexibility index (Phi) is 5.55. The zero-order chi connectivity index (χ0) is 21.6. The number of amides is 2. The quantitative estimate of drug-likeness (QED) is 0.301. The number of alkyl halides is 2. The number of pyridine rings is 1. The number of aromatic amines is 1. The number of H-pyrrole nitrogens is 1. The van der Waals surface area contributed by atoms with Crippen LogP contribution in [0, 0.1) is 10.5 Å². The molecule has 0 spiro atoms. The number of anilines is 1. The molecule has 12 heteroatoms. The molecule has 7 nitrogen and oxygen atoms in total. The molecule has 0 radical (unpaired) electrons. The number of aromatic nitrogens is 3. The van der Waals surface area contributed by atoms with Crippen molar-refractivity contribution in [2.75, 3.05) is 5.32 Å². The smallest absolute Gasteiger partial charge is 0.280 e. The van der Waals surface area contributed by atoms with E-state index in [9.17, 15) is 18.4 Å². The zero-order valence-corrected chi connectivity index (χ0v) is 18.9. The number of thiophene rings is 2. The summed E-state index contributed by atoms with van der Waals surface area (Å²) in [5, 5.41) is 9.49. The van der Waals surface area contributed by atoms with Gasteiger partial charge in [0.2, 0.25) is 0 Å². The summed E-state index contributed by atoms with van der Waals surface area (Å²) < 4.78 is 27.5. The molecule has 2 amide bonds. The van der Waals surface area contributed by atoms with E-state index in [1.54, 1.807) is 6.07 Å². The van der Waals surface area contributed by atoms with E-state index in [1.165, 1.54) is 23.6 Å². The molecule has 4 rings (SSSR count). The Morgan fingerprint density at radius 3 is 2.63 bits per heavy atom. The number of primary amides is 1. The Balaban J connectivity index is 1.98. The molecule has 30 heavy (non-hydrogen) atoms. The van der Waals surface area contributed by atoms with Crippen molar-refractivity contribution in [3.05, 3.63) is 49.1 Å². The van der Waals surface area contributed by atoms with Gasteiger partial charge in [0, 0.05) is 20.7 Å². The third-order valence-electron chi connectivity index (χ3n) is 4.19. The normalized spacial score (nSPS) is 11.4. The van der Waals surface area contributed by atoms with Crippen LogP contribution in [0.25, 0.3) is 20.7 Å². The average molecular weight is 559 g/mol. The van der Waals surface area contributed by atoms with Crippen LogP contribution in [-0.4, -0.2) is 27.0 Å². The van der Waals surface area contributed by atoms with E-state index >= 15 is 0 Å². The first-order valence-corrected chi connectivity index (χ1v) is 11.1. The molecule has 0 bridgehead atoms. The number of hydrogen-bond donors (Lipinski definition) is 3. The zero-order valence-electron chi connectivity index (χ0n) is 15.1. The molecular weight excluding hydrogens is 547 g/mol. The molecule has 154 valence electrons. The number of aryl methyl sites for hydroxylation is 1. The van der Waals surface area contributed by atoms with Crippen LogP contribution >= 0.6 is 45.3 Å². The van der Waals surface area contributed by atoms with Crippen LogP contribution in [0.5, 0.6) is 0 Å². The van der Waals surface area contributed by atoms with Gasteiger partial charge in [-0.1, -0.05) is 0 Å². The Morgan fingerprint density at radius 1 is 1.30 bits per heavy atom. The summed E-state index contributed by atoms with van der Waals surface area (Å²) >= 11 is 4.22. The van der Waals surface area contributed by atoms with Crippen LogP contribution < -0.4 is 11.1 Å². The lowest BCUT2D eigenvalue weighted by atomic mass is 10.1. The van der Waals surface area contributed by atoms with Crippen LogP contribution in [0.15, 0.2) is 24.4 Å². The lowest BCUT2D eigenvalue weighted by Gasteiger charge is -2.09. The van der Waals surface area contributed by atoms with E-state index in [2.05, 4.69) is 20.5 Å². The van der Waals surface area contributed by atoms with Crippen LogP contribution in [-0.2, 0) is 0 Å². The Labute approximate surface area is 189 Å². The van der Waals surface area contributed by atoms with Crippen LogP contribution in [0.3, 0.4) is 0 Å². The number of nitrogens with two attached hydrogens (primary N) is 1. The monoisotopic (exact) mass is 559 g/mol. The number of nitrogens with one attached hydrogen (secondary N) is 2. The molecule has 0 aliphatic carbocycles. The fourth-order valence-electron chi connectivity index (χ4n) is 2.90. The summed E-state index contributed by atoms with van der Waals surface area (Å²) in [6, 6.07) is 4.95. The van der Waals surface area contributed by atoms with Gasteiger partial charge < -0.3 is 11.1 Å². The topological polar surface area (TPSA) is 114 Å². The maximum atomic E-state index is 13.5. The van der Waals surface area contributed by atoms with E-state index < -0.39 is 23.9 Å². The fourth-order valence-corrected chi connectivity index (χ4v) is 5.31. The molecule has 0 unspecified atom stereocenters. The SMILES string of the molecule is Cc1ccc(-c2cc(C(F)F)nc3sc(C(N)=O)c(NC(=O)c4[nH]ncc4I)c23)s1. The van der Waals surface area contributed by atoms with Crippen LogP contribution in [0.4, 0.5) is 14.5 Å². The van der Waals surface area contributed by atoms with Gasteiger partial charge in [-0.05, 0) is 47.7 Å². The predicted molar refractivity (Wildman–Crippen MR) is 120 cm³/mol. The fraction of sp³-hybridized carbons (Fsp3) is 0.111. The second-order valence-electron chi connectivity index (χ2n) is 6.20. The number of rotatable bonds is 5. The molecule has 0 aliphatic heterocycles. The first-order chi connectivity index (χ1) is 14.3. The highest BCUT2D eigenvalue weighted by Crippen LogP contribution is 2.44. The maximum absolute atomic E-state index is 13.5. The van der Waals surface area contributed by atoms with Crippen molar-refractivity contribution in [1.29, 1.82) is 0 Å². The first kappa shape index (κ1) is 20.8. The standard InChI is InChI=1S/C18H12F2IN5O2S2/c1-6-2-3-10(29-6)7-4-9(15(19)20)24-18-11(7)13(14(30-18)16(22)27)25-17(28)12-8(21)5-23-26-12/h2-5,15H,1H3,(H2,22,27)(H,23,26)(H,25,28). The van der Waals surface area contributed by atoms with Crippen LogP contribution in [0.1, 0.15) is 37.2 Å². The number of carbonyl (C=O) groups excluding carboxylic acids is 2. The molecule has 0 saturated carbocycles. The third-order valence-corrected chi connectivity index (χ3v) is 7.14. The summed E-state index contributed by atoms with van der Waals surface area (Å²) in [7, 11) is 0. The van der Waals surface area contributed by atoms with Crippen molar-refractivity contribution in [2.45, 2.75) is 13.3 Å². The van der Waals surface area contributed by atoms with E-state index in [-0.39, 0.29) is 21.1 Å².